The number of anilines is 1. The van der Waals surface area contributed by atoms with Gasteiger partial charge in [-0.05, 0) is 42.5 Å². The molecule has 1 aromatic heterocycles. The van der Waals surface area contributed by atoms with Crippen molar-refractivity contribution in [2.24, 2.45) is 0 Å². The third-order valence-electron chi connectivity index (χ3n) is 3.78. The molecule has 0 fully saturated rings. The van der Waals surface area contributed by atoms with E-state index in [0.717, 1.165) is 10.1 Å². The van der Waals surface area contributed by atoms with Crippen LogP contribution in [0.25, 0.3) is 11.3 Å². The highest BCUT2D eigenvalue weighted by atomic mass is 79.9. The van der Waals surface area contributed by atoms with Gasteiger partial charge in [0.1, 0.15) is 18.1 Å². The zero-order valence-corrected chi connectivity index (χ0v) is 15.9. The Balaban J connectivity index is 1.73. The van der Waals surface area contributed by atoms with Gasteiger partial charge < -0.3 is 10.1 Å². The van der Waals surface area contributed by atoms with Crippen molar-refractivity contribution in [3.63, 3.8) is 0 Å². The van der Waals surface area contributed by atoms with Crippen molar-refractivity contribution in [3.8, 4) is 17.0 Å². The molecule has 27 heavy (non-hydrogen) atoms. The number of nitrogens with zero attached hydrogens (tertiary/aromatic N) is 2. The molecule has 0 radical (unpaired) electrons. The van der Waals surface area contributed by atoms with E-state index in [2.05, 4.69) is 26.2 Å². The first-order valence-corrected chi connectivity index (χ1v) is 8.71. The Morgan fingerprint density at radius 2 is 1.96 bits per heavy atom. The maximum atomic E-state index is 13.8. The second kappa shape index (κ2) is 8.13. The molecule has 1 heterocycles. The molecule has 1 N–H and O–H groups in total. The molecule has 0 aliphatic rings. The molecule has 0 unspecified atom stereocenters. The topological polar surface area (TPSA) is 73.2 Å². The zero-order chi connectivity index (χ0) is 19.4. The summed E-state index contributed by atoms with van der Waals surface area (Å²) in [7, 11) is 1.57. The molecule has 0 saturated heterocycles. The summed E-state index contributed by atoms with van der Waals surface area (Å²) in [6.45, 7) is -0.274. The van der Waals surface area contributed by atoms with E-state index in [0.29, 0.717) is 15.9 Å². The molecular formula is C19H15BrFN3O3. The van der Waals surface area contributed by atoms with Crippen LogP contribution in [-0.2, 0) is 11.3 Å². The van der Waals surface area contributed by atoms with E-state index in [1.54, 1.807) is 37.4 Å². The van der Waals surface area contributed by atoms with E-state index >= 15 is 0 Å². The van der Waals surface area contributed by atoms with Crippen molar-refractivity contribution < 1.29 is 13.9 Å². The van der Waals surface area contributed by atoms with Gasteiger partial charge in [0, 0.05) is 16.1 Å². The lowest BCUT2D eigenvalue weighted by Gasteiger charge is -2.09. The van der Waals surface area contributed by atoms with Crippen LogP contribution >= 0.6 is 15.9 Å². The highest BCUT2D eigenvalue weighted by molar-refractivity contribution is 9.10. The number of hydrogen-bond acceptors (Lipinski definition) is 4. The second-order valence-electron chi connectivity index (χ2n) is 5.64. The predicted octanol–water partition coefficient (Wildman–Crippen LogP) is 3.46. The Morgan fingerprint density at radius 1 is 1.22 bits per heavy atom. The number of carbonyl (C=O) groups excluding carboxylic acids is 1. The SMILES string of the molecule is COc1ccc(-c2cc(=O)n(CC(=O)Nc3ccc(Br)cc3F)cn2)cc1. The van der Waals surface area contributed by atoms with Crippen molar-refractivity contribution in [2.45, 2.75) is 6.54 Å². The molecule has 8 heteroatoms. The average Bonchev–Trinajstić information content (AvgIpc) is 2.66. The summed E-state index contributed by atoms with van der Waals surface area (Å²) in [4.78, 5) is 28.6. The van der Waals surface area contributed by atoms with E-state index in [4.69, 9.17) is 4.74 Å². The zero-order valence-electron chi connectivity index (χ0n) is 14.3. The third-order valence-corrected chi connectivity index (χ3v) is 4.28. The predicted molar refractivity (Wildman–Crippen MR) is 103 cm³/mol. The van der Waals surface area contributed by atoms with E-state index in [9.17, 15) is 14.0 Å². The van der Waals surface area contributed by atoms with Crippen LogP contribution in [0.5, 0.6) is 5.75 Å². The molecule has 2 aromatic carbocycles. The van der Waals surface area contributed by atoms with Crippen LogP contribution in [0.3, 0.4) is 0 Å². The molecule has 3 aromatic rings. The van der Waals surface area contributed by atoms with Crippen LogP contribution in [0.4, 0.5) is 10.1 Å². The molecule has 6 nitrogen and oxygen atoms in total. The van der Waals surface area contributed by atoms with Crippen LogP contribution < -0.4 is 15.6 Å². The van der Waals surface area contributed by atoms with Crippen LogP contribution in [0.2, 0.25) is 0 Å². The summed E-state index contributed by atoms with van der Waals surface area (Å²) in [6.07, 6.45) is 1.29. The number of carbonyl (C=O) groups is 1. The van der Waals surface area contributed by atoms with Crippen LogP contribution in [0.15, 0.2) is 64.1 Å². The summed E-state index contributed by atoms with van der Waals surface area (Å²) < 4.78 is 20.6. The van der Waals surface area contributed by atoms with Gasteiger partial charge in [-0.15, -0.1) is 0 Å². The van der Waals surface area contributed by atoms with E-state index < -0.39 is 11.7 Å². The van der Waals surface area contributed by atoms with Crippen LogP contribution in [-0.4, -0.2) is 22.6 Å². The first-order chi connectivity index (χ1) is 13.0. The van der Waals surface area contributed by atoms with Crippen molar-refractivity contribution in [3.05, 3.63) is 75.5 Å². The molecule has 0 aliphatic heterocycles. The molecule has 3 rings (SSSR count). The average molecular weight is 432 g/mol. The molecule has 0 saturated carbocycles. The van der Waals surface area contributed by atoms with Crippen molar-refractivity contribution >= 4 is 27.5 Å². The van der Waals surface area contributed by atoms with Gasteiger partial charge >= 0.3 is 0 Å². The normalized spacial score (nSPS) is 10.5. The number of aromatic nitrogens is 2. The molecule has 1 amide bonds. The van der Waals surface area contributed by atoms with Crippen molar-refractivity contribution in [1.82, 2.24) is 9.55 Å². The minimum atomic E-state index is -0.571. The van der Waals surface area contributed by atoms with E-state index in [1.165, 1.54) is 24.5 Å². The highest BCUT2D eigenvalue weighted by Crippen LogP contribution is 2.20. The summed E-state index contributed by atoms with van der Waals surface area (Å²) in [6, 6.07) is 12.7. The van der Waals surface area contributed by atoms with Gasteiger partial charge in [0.2, 0.25) is 5.91 Å². The lowest BCUT2D eigenvalue weighted by atomic mass is 10.1. The largest absolute Gasteiger partial charge is 0.497 e. The fourth-order valence-electron chi connectivity index (χ4n) is 2.40. The summed E-state index contributed by atoms with van der Waals surface area (Å²) >= 11 is 3.15. The number of ether oxygens (including phenoxy) is 1. The van der Waals surface area contributed by atoms with Gasteiger partial charge in [0.25, 0.3) is 5.56 Å². The van der Waals surface area contributed by atoms with Crippen molar-refractivity contribution in [2.75, 3.05) is 12.4 Å². The summed E-state index contributed by atoms with van der Waals surface area (Å²) in [5, 5.41) is 2.44. The fraction of sp³-hybridized carbons (Fsp3) is 0.105. The van der Waals surface area contributed by atoms with Gasteiger partial charge in [-0.3, -0.25) is 14.2 Å². The lowest BCUT2D eigenvalue weighted by molar-refractivity contribution is -0.116. The molecule has 138 valence electrons. The van der Waals surface area contributed by atoms with E-state index in [-0.39, 0.29) is 17.8 Å². The highest BCUT2D eigenvalue weighted by Gasteiger charge is 2.10. The van der Waals surface area contributed by atoms with Gasteiger partial charge in [0.15, 0.2) is 0 Å². The fourth-order valence-corrected chi connectivity index (χ4v) is 2.73. The van der Waals surface area contributed by atoms with Crippen LogP contribution in [0, 0.1) is 5.82 Å². The lowest BCUT2D eigenvalue weighted by Crippen LogP contribution is -2.27. The Hall–Kier alpha value is -3.00. The molecule has 0 atom stereocenters. The number of halogens is 2. The molecule has 0 spiro atoms. The summed E-state index contributed by atoms with van der Waals surface area (Å²) in [5.74, 6) is -0.403. The maximum absolute atomic E-state index is 13.8. The second-order valence-corrected chi connectivity index (χ2v) is 6.56. The maximum Gasteiger partial charge on any atom is 0.254 e. The quantitative estimate of drug-likeness (QED) is 0.671. The first kappa shape index (κ1) is 18.8. The Labute approximate surface area is 162 Å². The van der Waals surface area contributed by atoms with E-state index in [1.807, 2.05) is 0 Å². The van der Waals surface area contributed by atoms with Gasteiger partial charge in [-0.2, -0.15) is 0 Å². The van der Waals surface area contributed by atoms with Crippen LogP contribution in [0.1, 0.15) is 0 Å². The van der Waals surface area contributed by atoms with Gasteiger partial charge in [-0.1, -0.05) is 15.9 Å². The van der Waals surface area contributed by atoms with Gasteiger partial charge in [-0.25, -0.2) is 9.37 Å². The minimum absolute atomic E-state index is 0.0408. The monoisotopic (exact) mass is 431 g/mol. The number of benzene rings is 2. The molecule has 0 bridgehead atoms. The number of methoxy groups -OCH3 is 1. The number of hydrogen-bond donors (Lipinski definition) is 1. The third kappa shape index (κ3) is 4.59. The minimum Gasteiger partial charge on any atom is -0.497 e. The first-order valence-electron chi connectivity index (χ1n) is 7.92. The smallest absolute Gasteiger partial charge is 0.254 e. The number of amides is 1. The Morgan fingerprint density at radius 3 is 2.59 bits per heavy atom. The standard InChI is InChI=1S/C19H15BrFN3O3/c1-27-14-5-2-12(3-6-14)17-9-19(26)24(11-22-17)10-18(25)23-16-7-4-13(20)8-15(16)21/h2-9,11H,10H2,1H3,(H,23,25). The molecular weight excluding hydrogens is 417 g/mol. The summed E-state index contributed by atoms with van der Waals surface area (Å²) in [5.41, 5.74) is 0.890. The number of rotatable bonds is 5. The van der Waals surface area contributed by atoms with Gasteiger partial charge in [0.05, 0.1) is 24.8 Å². The van der Waals surface area contributed by atoms with Crippen molar-refractivity contribution in [1.29, 1.82) is 0 Å². The number of nitrogens with one attached hydrogen (secondary N) is 1. The Bertz CT molecular complexity index is 1040. The molecule has 0 aliphatic carbocycles. The Kier molecular flexibility index (Phi) is 5.66.